The summed E-state index contributed by atoms with van der Waals surface area (Å²) in [6.45, 7) is 0. The lowest BCUT2D eigenvalue weighted by atomic mass is 10.2. The molecular formula is C5H3F3N2O2S. The van der Waals surface area contributed by atoms with E-state index in [2.05, 4.69) is 17.9 Å². The first-order valence-corrected chi connectivity index (χ1v) is 3.32. The Kier molecular flexibility index (Phi) is 2.24. The summed E-state index contributed by atoms with van der Waals surface area (Å²) in [4.78, 5) is 10.3. The number of aromatic carboxylic acids is 1. The van der Waals surface area contributed by atoms with Crippen LogP contribution in [0, 0.1) is 0 Å². The van der Waals surface area contributed by atoms with E-state index in [1.54, 1.807) is 0 Å². The molecule has 0 bridgehead atoms. The average molecular weight is 212 g/mol. The molecule has 13 heavy (non-hydrogen) atoms. The summed E-state index contributed by atoms with van der Waals surface area (Å²) >= 11 is 3.33. The van der Waals surface area contributed by atoms with Crippen LogP contribution < -0.4 is 0 Å². The van der Waals surface area contributed by atoms with E-state index in [9.17, 15) is 18.0 Å². The second-order valence-corrected chi connectivity index (χ2v) is 2.48. The molecule has 0 aliphatic heterocycles. The fourth-order valence-electron chi connectivity index (χ4n) is 0.762. The van der Waals surface area contributed by atoms with Gasteiger partial charge in [-0.05, 0) is 12.8 Å². The van der Waals surface area contributed by atoms with Crippen LogP contribution in [0.25, 0.3) is 0 Å². The van der Waals surface area contributed by atoms with Crippen molar-refractivity contribution in [3.63, 3.8) is 0 Å². The maximum absolute atomic E-state index is 12.1. The Balaban J connectivity index is 3.33. The van der Waals surface area contributed by atoms with E-state index >= 15 is 0 Å². The average Bonchev–Trinajstić information content (AvgIpc) is 2.28. The zero-order chi connectivity index (χ0) is 10.2. The van der Waals surface area contributed by atoms with Crippen molar-refractivity contribution in [3.8, 4) is 0 Å². The van der Waals surface area contributed by atoms with Gasteiger partial charge >= 0.3 is 12.1 Å². The third-order valence-electron chi connectivity index (χ3n) is 1.25. The van der Waals surface area contributed by atoms with Gasteiger partial charge in [-0.3, -0.25) is 0 Å². The number of rotatable bonds is 1. The lowest BCUT2D eigenvalue weighted by Gasteiger charge is -2.06. The van der Waals surface area contributed by atoms with Gasteiger partial charge in [0.15, 0.2) is 5.69 Å². The minimum Gasteiger partial charge on any atom is -0.478 e. The van der Waals surface area contributed by atoms with Gasteiger partial charge in [-0.25, -0.2) is 8.88 Å². The minimum atomic E-state index is -4.77. The number of thiol groups is 1. The Morgan fingerprint density at radius 1 is 1.62 bits per heavy atom. The first kappa shape index (κ1) is 9.90. The van der Waals surface area contributed by atoms with Gasteiger partial charge in [0.2, 0.25) is 0 Å². The Labute approximate surface area is 75.5 Å². The van der Waals surface area contributed by atoms with E-state index < -0.39 is 23.4 Å². The fourth-order valence-corrected chi connectivity index (χ4v) is 1.03. The molecule has 1 N–H and O–H groups in total. The number of nitrogens with zero attached hydrogens (tertiary/aromatic N) is 2. The van der Waals surface area contributed by atoms with Gasteiger partial charge < -0.3 is 5.11 Å². The third-order valence-corrected chi connectivity index (χ3v) is 1.55. The molecule has 1 aromatic rings. The number of carbonyl (C=O) groups is 1. The summed E-state index contributed by atoms with van der Waals surface area (Å²) < 4.78 is 36.6. The standard InChI is InChI=1S/C5H3F3N2O2S/c6-5(7,8)3-2(4(11)12)1-9-10(3)13/h1,13H,(H,11,12). The number of hydrogen-bond donors (Lipinski definition) is 2. The molecule has 1 heterocycles. The molecule has 8 heteroatoms. The molecular weight excluding hydrogens is 209 g/mol. The van der Waals surface area contributed by atoms with Gasteiger partial charge in [-0.1, -0.05) is 0 Å². The van der Waals surface area contributed by atoms with Crippen LogP contribution in [-0.4, -0.2) is 20.3 Å². The highest BCUT2D eigenvalue weighted by Gasteiger charge is 2.39. The number of carboxylic acids is 1. The second kappa shape index (κ2) is 2.95. The number of aromatic nitrogens is 2. The number of halogens is 3. The Morgan fingerprint density at radius 2 is 2.15 bits per heavy atom. The molecule has 0 saturated carbocycles. The van der Waals surface area contributed by atoms with Crippen molar-refractivity contribution in [2.24, 2.45) is 0 Å². The normalized spacial score (nSPS) is 11.7. The summed E-state index contributed by atoms with van der Waals surface area (Å²) in [6.07, 6.45) is -4.18. The highest BCUT2D eigenvalue weighted by atomic mass is 32.1. The van der Waals surface area contributed by atoms with Crippen LogP contribution in [0.2, 0.25) is 0 Å². The lowest BCUT2D eigenvalue weighted by molar-refractivity contribution is -0.142. The van der Waals surface area contributed by atoms with Crippen LogP contribution >= 0.6 is 12.8 Å². The Hall–Kier alpha value is -1.18. The van der Waals surface area contributed by atoms with E-state index in [-0.39, 0.29) is 4.09 Å². The van der Waals surface area contributed by atoms with Gasteiger partial charge in [-0.15, -0.1) is 0 Å². The molecule has 0 aliphatic rings. The molecule has 4 nitrogen and oxygen atoms in total. The number of alkyl halides is 3. The molecule has 0 radical (unpaired) electrons. The van der Waals surface area contributed by atoms with Crippen LogP contribution in [0.4, 0.5) is 13.2 Å². The van der Waals surface area contributed by atoms with Crippen LogP contribution in [-0.2, 0) is 6.18 Å². The Bertz CT molecular complexity index is 346. The molecule has 0 fully saturated rings. The van der Waals surface area contributed by atoms with Gasteiger partial charge in [-0.2, -0.15) is 18.3 Å². The quantitative estimate of drug-likeness (QED) is 0.690. The third kappa shape index (κ3) is 1.77. The van der Waals surface area contributed by atoms with Crippen molar-refractivity contribution in [1.29, 1.82) is 0 Å². The summed E-state index contributed by atoms with van der Waals surface area (Å²) in [6, 6.07) is 0. The lowest BCUT2D eigenvalue weighted by Crippen LogP contribution is -2.14. The number of hydrogen-bond acceptors (Lipinski definition) is 3. The zero-order valence-corrected chi connectivity index (χ0v) is 6.80. The maximum Gasteiger partial charge on any atom is 0.434 e. The summed E-state index contributed by atoms with van der Waals surface area (Å²) in [5.41, 5.74) is -2.30. The first-order chi connectivity index (χ1) is 5.84. The molecule has 0 spiro atoms. The minimum absolute atomic E-state index is 0.184. The molecule has 0 aliphatic carbocycles. The van der Waals surface area contributed by atoms with Crippen molar-refractivity contribution in [3.05, 3.63) is 17.5 Å². The zero-order valence-electron chi connectivity index (χ0n) is 5.91. The molecule has 0 atom stereocenters. The largest absolute Gasteiger partial charge is 0.478 e. The van der Waals surface area contributed by atoms with E-state index in [0.717, 1.165) is 0 Å². The van der Waals surface area contributed by atoms with Crippen molar-refractivity contribution >= 4 is 18.8 Å². The molecule has 1 rings (SSSR count). The second-order valence-electron chi connectivity index (χ2n) is 2.10. The number of carboxylic acid groups (broad SMARTS) is 1. The van der Waals surface area contributed by atoms with Gasteiger partial charge in [0.1, 0.15) is 5.56 Å². The predicted octanol–water partition coefficient (Wildman–Crippen LogP) is 1.29. The van der Waals surface area contributed by atoms with Crippen LogP contribution in [0.15, 0.2) is 6.20 Å². The van der Waals surface area contributed by atoms with E-state index in [4.69, 9.17) is 5.11 Å². The van der Waals surface area contributed by atoms with Crippen molar-refractivity contribution in [2.75, 3.05) is 0 Å². The van der Waals surface area contributed by atoms with Crippen molar-refractivity contribution in [1.82, 2.24) is 9.19 Å². The van der Waals surface area contributed by atoms with Crippen LogP contribution in [0.1, 0.15) is 16.1 Å². The molecule has 0 amide bonds. The van der Waals surface area contributed by atoms with E-state index in [0.29, 0.717) is 6.20 Å². The smallest absolute Gasteiger partial charge is 0.434 e. The summed E-state index contributed by atoms with van der Waals surface area (Å²) in [7, 11) is 0. The highest BCUT2D eigenvalue weighted by Crippen LogP contribution is 2.32. The van der Waals surface area contributed by atoms with E-state index in [1.807, 2.05) is 0 Å². The maximum atomic E-state index is 12.1. The van der Waals surface area contributed by atoms with Crippen LogP contribution in [0.5, 0.6) is 0 Å². The monoisotopic (exact) mass is 212 g/mol. The molecule has 0 aromatic carbocycles. The van der Waals surface area contributed by atoms with Crippen LogP contribution in [0.3, 0.4) is 0 Å². The van der Waals surface area contributed by atoms with E-state index in [1.165, 1.54) is 0 Å². The molecule has 1 aromatic heterocycles. The summed E-state index contributed by atoms with van der Waals surface area (Å²) in [5, 5.41) is 11.4. The van der Waals surface area contributed by atoms with Crippen molar-refractivity contribution in [2.45, 2.75) is 6.18 Å². The molecule has 0 unspecified atom stereocenters. The fraction of sp³-hybridized carbons (Fsp3) is 0.200. The predicted molar refractivity (Wildman–Crippen MR) is 38.6 cm³/mol. The van der Waals surface area contributed by atoms with Gasteiger partial charge in [0.05, 0.1) is 6.20 Å². The summed E-state index contributed by atoms with van der Waals surface area (Å²) in [5.74, 6) is -1.69. The topological polar surface area (TPSA) is 55.1 Å². The first-order valence-electron chi connectivity index (χ1n) is 2.92. The SMILES string of the molecule is O=C(O)c1cnn(S)c1C(F)(F)F. The Morgan fingerprint density at radius 3 is 2.46 bits per heavy atom. The molecule has 72 valence electrons. The van der Waals surface area contributed by atoms with Gasteiger partial charge in [0.25, 0.3) is 0 Å². The van der Waals surface area contributed by atoms with Gasteiger partial charge in [0, 0.05) is 0 Å². The molecule has 0 saturated heterocycles. The highest BCUT2D eigenvalue weighted by molar-refractivity contribution is 7.78. The van der Waals surface area contributed by atoms with Crippen molar-refractivity contribution < 1.29 is 23.1 Å².